The lowest BCUT2D eigenvalue weighted by molar-refractivity contribution is -0.116. The van der Waals surface area contributed by atoms with E-state index in [1.807, 2.05) is 0 Å². The first-order valence-electron chi connectivity index (χ1n) is 7.36. The van der Waals surface area contributed by atoms with Crippen molar-refractivity contribution in [3.05, 3.63) is 28.8 Å². The van der Waals surface area contributed by atoms with Gasteiger partial charge in [0.1, 0.15) is 5.66 Å². The summed E-state index contributed by atoms with van der Waals surface area (Å²) in [4.78, 5) is 12.7. The Morgan fingerprint density at radius 2 is 1.65 bits per heavy atom. The lowest BCUT2D eigenvalue weighted by Crippen LogP contribution is -2.30. The van der Waals surface area contributed by atoms with Gasteiger partial charge in [-0.1, -0.05) is 31.0 Å². The molecule has 3 heteroatoms. The molecule has 0 saturated heterocycles. The van der Waals surface area contributed by atoms with E-state index in [0.717, 1.165) is 29.7 Å². The van der Waals surface area contributed by atoms with E-state index in [2.05, 4.69) is 65.1 Å². The van der Waals surface area contributed by atoms with Gasteiger partial charge in [-0.3, -0.25) is 4.79 Å². The molecule has 20 heavy (non-hydrogen) atoms. The number of rotatable bonds is 5. The number of benzene rings is 1. The fourth-order valence-electron chi connectivity index (χ4n) is 2.73. The highest BCUT2D eigenvalue weighted by Crippen LogP contribution is 2.54. The average Bonchev–Trinajstić information content (AvgIpc) is 2.28. The maximum atomic E-state index is 12.7. The summed E-state index contributed by atoms with van der Waals surface area (Å²) in [5, 5.41) is 3.19. The zero-order valence-electron chi connectivity index (χ0n) is 14.0. The number of anilines is 1. The van der Waals surface area contributed by atoms with E-state index >= 15 is 0 Å². The fraction of sp³-hybridized carbons (Fsp3) is 0.588. The summed E-state index contributed by atoms with van der Waals surface area (Å²) >= 11 is 0. The van der Waals surface area contributed by atoms with Crippen LogP contribution in [0.2, 0.25) is 0 Å². The average molecular weight is 294 g/mol. The highest BCUT2D eigenvalue weighted by molar-refractivity contribution is 7.75. The van der Waals surface area contributed by atoms with Crippen molar-refractivity contribution in [1.82, 2.24) is 0 Å². The van der Waals surface area contributed by atoms with Gasteiger partial charge >= 0.3 is 0 Å². The largest absolute Gasteiger partial charge is 0.322 e. The predicted molar refractivity (Wildman–Crippen MR) is 92.7 cm³/mol. The Morgan fingerprint density at radius 3 is 2.05 bits per heavy atom. The second kappa shape index (κ2) is 6.72. The molecule has 2 nitrogen and oxygen atoms in total. The zero-order chi connectivity index (χ0) is 15.5. The number of hydrogen-bond acceptors (Lipinski definition) is 1. The summed E-state index contributed by atoms with van der Waals surface area (Å²) in [6, 6.07) is 4.26. The van der Waals surface area contributed by atoms with E-state index in [9.17, 15) is 4.79 Å². The molecule has 0 heterocycles. The normalized spacial score (nSPS) is 13.2. The maximum Gasteiger partial charge on any atom is 0.265 e. The van der Waals surface area contributed by atoms with Crippen molar-refractivity contribution in [2.75, 3.05) is 25.3 Å². The van der Waals surface area contributed by atoms with Crippen LogP contribution in [0.25, 0.3) is 0 Å². The Balaban J connectivity index is 3.00. The van der Waals surface area contributed by atoms with Crippen molar-refractivity contribution >= 4 is 18.9 Å². The first-order valence-corrected chi connectivity index (χ1v) is 10.6. The molecule has 1 amide bonds. The van der Waals surface area contributed by atoms with E-state index in [0.29, 0.717) is 0 Å². The van der Waals surface area contributed by atoms with Gasteiger partial charge in [-0.15, -0.1) is 0 Å². The van der Waals surface area contributed by atoms with Gasteiger partial charge in [0.2, 0.25) is 0 Å². The molecule has 1 atom stereocenters. The lowest BCUT2D eigenvalue weighted by atomic mass is 10.0. The molecule has 1 aromatic carbocycles. The lowest BCUT2D eigenvalue weighted by Gasteiger charge is -2.24. The van der Waals surface area contributed by atoms with Crippen LogP contribution in [-0.4, -0.2) is 31.6 Å². The third-order valence-corrected chi connectivity index (χ3v) is 6.09. The van der Waals surface area contributed by atoms with Crippen LogP contribution in [0, 0.1) is 20.8 Å². The SMILES string of the molecule is CCCC(C(=O)Nc1c(C)cc(C)cc1C)[P+](C)(C)C. The molecule has 0 aliphatic heterocycles. The summed E-state index contributed by atoms with van der Waals surface area (Å²) in [6.45, 7) is 15.1. The van der Waals surface area contributed by atoms with Gasteiger partial charge in [-0.25, -0.2) is 0 Å². The van der Waals surface area contributed by atoms with Crippen molar-refractivity contribution in [3.63, 3.8) is 0 Å². The minimum atomic E-state index is -1.19. The summed E-state index contributed by atoms with van der Waals surface area (Å²) in [5.74, 6) is 0.197. The van der Waals surface area contributed by atoms with Crippen LogP contribution >= 0.6 is 7.26 Å². The molecule has 0 spiro atoms. The highest BCUT2D eigenvalue weighted by atomic mass is 31.2. The Morgan fingerprint density at radius 1 is 1.15 bits per heavy atom. The van der Waals surface area contributed by atoms with Crippen LogP contribution in [0.3, 0.4) is 0 Å². The Kier molecular flexibility index (Phi) is 5.77. The molecular formula is C17H29NOP+. The molecule has 0 aliphatic carbocycles. The van der Waals surface area contributed by atoms with E-state index in [1.54, 1.807) is 0 Å². The monoisotopic (exact) mass is 294 g/mol. The first-order chi connectivity index (χ1) is 9.16. The zero-order valence-corrected chi connectivity index (χ0v) is 14.9. The van der Waals surface area contributed by atoms with Gasteiger partial charge in [0.25, 0.3) is 5.91 Å². The molecular weight excluding hydrogens is 265 g/mol. The molecule has 0 aliphatic rings. The molecule has 1 unspecified atom stereocenters. The fourth-order valence-corrected chi connectivity index (χ4v) is 4.53. The second-order valence-corrected chi connectivity index (χ2v) is 11.5. The molecule has 0 bridgehead atoms. The standard InChI is InChI=1S/C17H28NOP/c1-8-9-15(20(5,6)7)17(19)18-16-13(3)10-12(2)11-14(16)4/h10-11,15H,8-9H2,1-7H3/p+1. The van der Waals surface area contributed by atoms with Crippen LogP contribution in [0.5, 0.6) is 0 Å². The van der Waals surface area contributed by atoms with Gasteiger partial charge in [0.05, 0.1) is 0 Å². The topological polar surface area (TPSA) is 29.1 Å². The number of carbonyl (C=O) groups is 1. The van der Waals surface area contributed by atoms with Crippen molar-refractivity contribution in [2.45, 2.75) is 46.2 Å². The van der Waals surface area contributed by atoms with Crippen molar-refractivity contribution in [2.24, 2.45) is 0 Å². The van der Waals surface area contributed by atoms with Gasteiger partial charge in [-0.2, -0.15) is 0 Å². The smallest absolute Gasteiger partial charge is 0.265 e. The molecule has 0 aromatic heterocycles. The first kappa shape index (κ1) is 17.2. The third-order valence-electron chi connectivity index (χ3n) is 3.73. The Hall–Kier alpha value is -0.880. The summed E-state index contributed by atoms with van der Waals surface area (Å²) < 4.78 is 0. The van der Waals surface area contributed by atoms with Crippen LogP contribution in [0.1, 0.15) is 36.5 Å². The quantitative estimate of drug-likeness (QED) is 0.788. The molecule has 0 radical (unpaired) electrons. The van der Waals surface area contributed by atoms with E-state index < -0.39 is 7.26 Å². The van der Waals surface area contributed by atoms with Crippen LogP contribution in [-0.2, 0) is 4.79 Å². The molecule has 112 valence electrons. The Bertz CT molecular complexity index is 465. The predicted octanol–water partition coefficient (Wildman–Crippen LogP) is 4.63. The number of nitrogens with one attached hydrogen (secondary N) is 1. The maximum absolute atomic E-state index is 12.7. The van der Waals surface area contributed by atoms with Gasteiger partial charge in [0.15, 0.2) is 0 Å². The number of hydrogen-bond donors (Lipinski definition) is 1. The summed E-state index contributed by atoms with van der Waals surface area (Å²) in [5.41, 5.74) is 4.70. The summed E-state index contributed by atoms with van der Waals surface area (Å²) in [6.07, 6.45) is 2.04. The van der Waals surface area contributed by atoms with Gasteiger partial charge < -0.3 is 5.32 Å². The minimum Gasteiger partial charge on any atom is -0.322 e. The minimum absolute atomic E-state index is 0.160. The van der Waals surface area contributed by atoms with Crippen molar-refractivity contribution in [1.29, 1.82) is 0 Å². The van der Waals surface area contributed by atoms with E-state index in [4.69, 9.17) is 0 Å². The second-order valence-electron chi connectivity index (χ2n) is 6.68. The molecule has 0 fully saturated rings. The number of carbonyl (C=O) groups excluding carboxylic acids is 1. The number of amides is 1. The molecule has 1 N–H and O–H groups in total. The molecule has 0 saturated carbocycles. The third kappa shape index (κ3) is 4.31. The van der Waals surface area contributed by atoms with E-state index in [-0.39, 0.29) is 11.6 Å². The van der Waals surface area contributed by atoms with Crippen LogP contribution in [0.4, 0.5) is 5.69 Å². The molecule has 1 rings (SSSR count). The Labute approximate surface area is 124 Å². The van der Waals surface area contributed by atoms with Crippen molar-refractivity contribution < 1.29 is 4.79 Å². The van der Waals surface area contributed by atoms with Crippen LogP contribution in [0.15, 0.2) is 12.1 Å². The van der Waals surface area contributed by atoms with E-state index in [1.165, 1.54) is 5.56 Å². The summed E-state index contributed by atoms with van der Waals surface area (Å²) in [7, 11) is -1.19. The van der Waals surface area contributed by atoms with Crippen LogP contribution < -0.4 is 5.32 Å². The number of aryl methyl sites for hydroxylation is 3. The molecule has 1 aromatic rings. The van der Waals surface area contributed by atoms with Gasteiger partial charge in [-0.05, 0) is 38.3 Å². The van der Waals surface area contributed by atoms with Gasteiger partial charge in [0, 0.05) is 32.9 Å². The van der Waals surface area contributed by atoms with Crippen molar-refractivity contribution in [3.8, 4) is 0 Å². The highest BCUT2D eigenvalue weighted by Gasteiger charge is 2.37.